The zero-order valence-corrected chi connectivity index (χ0v) is 19.2. The second-order valence-corrected chi connectivity index (χ2v) is 10.2. The van der Waals surface area contributed by atoms with Crippen LogP contribution in [0.5, 0.6) is 0 Å². The summed E-state index contributed by atoms with van der Waals surface area (Å²) in [5.41, 5.74) is 1.37. The molecule has 2 heterocycles. The van der Waals surface area contributed by atoms with Gasteiger partial charge in [-0.15, -0.1) is 0 Å². The van der Waals surface area contributed by atoms with Crippen molar-refractivity contribution >= 4 is 39.1 Å². The number of rotatable bonds is 6. The molecule has 1 saturated heterocycles. The van der Waals surface area contributed by atoms with Crippen LogP contribution in [-0.2, 0) is 16.4 Å². The molecule has 0 unspecified atom stereocenters. The standard InChI is InChI=1S/C20H24Cl2N4O3S/c1-24(2)30(28,29)19-13-16(17(21)14-18(19)22)20(27)26-11-9-25(10-12-26)8-5-15-3-6-23-7-4-15/h3-4,6-7,13-14H,5,8-12H2,1-2H3. The van der Waals surface area contributed by atoms with Gasteiger partial charge in [-0.2, -0.15) is 0 Å². The number of hydrogen-bond acceptors (Lipinski definition) is 5. The molecule has 7 nitrogen and oxygen atoms in total. The van der Waals surface area contributed by atoms with E-state index in [0.717, 1.165) is 30.4 Å². The van der Waals surface area contributed by atoms with Crippen LogP contribution in [0.3, 0.4) is 0 Å². The molecule has 1 aromatic carbocycles. The molecule has 0 saturated carbocycles. The molecule has 0 spiro atoms. The molecule has 0 bridgehead atoms. The predicted octanol–water partition coefficient (Wildman–Crippen LogP) is 2.64. The molecule has 30 heavy (non-hydrogen) atoms. The van der Waals surface area contributed by atoms with Crippen LogP contribution < -0.4 is 0 Å². The average molecular weight is 471 g/mol. The van der Waals surface area contributed by atoms with E-state index >= 15 is 0 Å². The van der Waals surface area contributed by atoms with Gasteiger partial charge in [0.25, 0.3) is 5.91 Å². The molecular formula is C20H24Cl2N4O3S. The van der Waals surface area contributed by atoms with E-state index in [1.165, 1.54) is 31.8 Å². The fourth-order valence-electron chi connectivity index (χ4n) is 3.27. The Kier molecular flexibility index (Phi) is 7.36. The van der Waals surface area contributed by atoms with Gasteiger partial charge in [0.15, 0.2) is 0 Å². The summed E-state index contributed by atoms with van der Waals surface area (Å²) in [5, 5.41) is 0.133. The van der Waals surface area contributed by atoms with Crippen LogP contribution in [0.2, 0.25) is 10.0 Å². The molecule has 0 radical (unpaired) electrons. The lowest BCUT2D eigenvalue weighted by atomic mass is 10.1. The number of piperazine rings is 1. The SMILES string of the molecule is CN(C)S(=O)(=O)c1cc(C(=O)N2CCN(CCc3ccncc3)CC2)c(Cl)cc1Cl. The lowest BCUT2D eigenvalue weighted by Gasteiger charge is -2.35. The Hall–Kier alpha value is -1.71. The fraction of sp³-hybridized carbons (Fsp3) is 0.400. The molecule has 0 N–H and O–H groups in total. The highest BCUT2D eigenvalue weighted by molar-refractivity contribution is 7.89. The molecule has 3 rings (SSSR count). The van der Waals surface area contributed by atoms with E-state index in [2.05, 4.69) is 9.88 Å². The topological polar surface area (TPSA) is 73.8 Å². The summed E-state index contributed by atoms with van der Waals surface area (Å²) in [6.45, 7) is 3.47. The van der Waals surface area contributed by atoms with Crippen LogP contribution in [0.15, 0.2) is 41.6 Å². The summed E-state index contributed by atoms with van der Waals surface area (Å²) in [6.07, 6.45) is 4.49. The van der Waals surface area contributed by atoms with Gasteiger partial charge in [0, 0.05) is 59.2 Å². The van der Waals surface area contributed by atoms with E-state index in [1.54, 1.807) is 17.3 Å². The first-order valence-corrected chi connectivity index (χ1v) is 11.7. The Labute approximate surface area is 187 Å². The average Bonchev–Trinajstić information content (AvgIpc) is 2.72. The molecule has 1 fully saturated rings. The summed E-state index contributed by atoms with van der Waals surface area (Å²) < 4.78 is 26.1. The fourth-order valence-corrected chi connectivity index (χ4v) is 4.99. The lowest BCUT2D eigenvalue weighted by Crippen LogP contribution is -2.49. The minimum atomic E-state index is -3.79. The number of carbonyl (C=O) groups is 1. The first-order valence-electron chi connectivity index (χ1n) is 9.52. The number of halogens is 2. The zero-order chi connectivity index (χ0) is 21.9. The molecule has 0 aliphatic carbocycles. The van der Waals surface area contributed by atoms with Crippen molar-refractivity contribution in [2.75, 3.05) is 46.8 Å². The normalized spacial score (nSPS) is 15.6. The van der Waals surface area contributed by atoms with E-state index < -0.39 is 10.0 Å². The van der Waals surface area contributed by atoms with Gasteiger partial charge in [0.2, 0.25) is 10.0 Å². The van der Waals surface area contributed by atoms with Crippen molar-refractivity contribution in [3.8, 4) is 0 Å². The van der Waals surface area contributed by atoms with Crippen molar-refractivity contribution in [2.45, 2.75) is 11.3 Å². The van der Waals surface area contributed by atoms with E-state index in [4.69, 9.17) is 23.2 Å². The van der Waals surface area contributed by atoms with Crippen LogP contribution >= 0.6 is 23.2 Å². The van der Waals surface area contributed by atoms with Crippen molar-refractivity contribution in [1.82, 2.24) is 19.1 Å². The molecule has 1 amide bonds. The monoisotopic (exact) mass is 470 g/mol. The maximum atomic E-state index is 13.0. The molecule has 1 aromatic heterocycles. The number of amides is 1. The zero-order valence-electron chi connectivity index (χ0n) is 16.9. The Morgan fingerprint density at radius 2 is 1.70 bits per heavy atom. The number of carbonyl (C=O) groups excluding carboxylic acids is 1. The third-order valence-electron chi connectivity index (χ3n) is 5.14. The van der Waals surface area contributed by atoms with Gasteiger partial charge in [0.1, 0.15) is 4.90 Å². The number of nitrogens with zero attached hydrogens (tertiary/aromatic N) is 4. The smallest absolute Gasteiger partial charge is 0.255 e. The lowest BCUT2D eigenvalue weighted by molar-refractivity contribution is 0.0638. The summed E-state index contributed by atoms with van der Waals surface area (Å²) in [5.74, 6) is -0.291. The van der Waals surface area contributed by atoms with Gasteiger partial charge in [-0.05, 0) is 36.2 Å². The van der Waals surface area contributed by atoms with E-state index in [9.17, 15) is 13.2 Å². The maximum Gasteiger partial charge on any atom is 0.255 e. The van der Waals surface area contributed by atoms with Crippen molar-refractivity contribution in [1.29, 1.82) is 0 Å². The predicted molar refractivity (Wildman–Crippen MR) is 118 cm³/mol. The van der Waals surface area contributed by atoms with Crippen LogP contribution in [-0.4, -0.2) is 80.2 Å². The minimum Gasteiger partial charge on any atom is -0.336 e. The second kappa shape index (κ2) is 9.62. The Bertz CT molecular complexity index is 1010. The van der Waals surface area contributed by atoms with E-state index in [1.807, 2.05) is 12.1 Å². The molecule has 2 aromatic rings. The number of benzene rings is 1. The summed E-state index contributed by atoms with van der Waals surface area (Å²) >= 11 is 12.3. The summed E-state index contributed by atoms with van der Waals surface area (Å²) in [4.78, 5) is 20.9. The van der Waals surface area contributed by atoms with Crippen molar-refractivity contribution < 1.29 is 13.2 Å². The largest absolute Gasteiger partial charge is 0.336 e. The number of sulfonamides is 1. The van der Waals surface area contributed by atoms with Crippen LogP contribution in [0.25, 0.3) is 0 Å². The second-order valence-electron chi connectivity index (χ2n) is 7.29. The number of pyridine rings is 1. The molecule has 162 valence electrons. The molecule has 1 aliphatic rings. The highest BCUT2D eigenvalue weighted by Crippen LogP contribution is 2.31. The first kappa shape index (κ1) is 23.0. The van der Waals surface area contributed by atoms with Gasteiger partial charge >= 0.3 is 0 Å². The summed E-state index contributed by atoms with van der Waals surface area (Å²) in [6, 6.07) is 6.60. The quantitative estimate of drug-likeness (QED) is 0.648. The summed E-state index contributed by atoms with van der Waals surface area (Å²) in [7, 11) is -0.975. The van der Waals surface area contributed by atoms with E-state index in [0.29, 0.717) is 13.1 Å². The molecule has 1 aliphatic heterocycles. The van der Waals surface area contributed by atoms with Crippen LogP contribution in [0, 0.1) is 0 Å². The Morgan fingerprint density at radius 3 is 2.30 bits per heavy atom. The third-order valence-corrected chi connectivity index (χ3v) is 7.73. The van der Waals surface area contributed by atoms with Gasteiger partial charge in [-0.3, -0.25) is 14.7 Å². The van der Waals surface area contributed by atoms with Crippen molar-refractivity contribution in [3.63, 3.8) is 0 Å². The highest BCUT2D eigenvalue weighted by atomic mass is 35.5. The van der Waals surface area contributed by atoms with Crippen LogP contribution in [0.4, 0.5) is 0 Å². The Balaban J connectivity index is 1.68. The third kappa shape index (κ3) is 5.12. The molecule has 10 heteroatoms. The van der Waals surface area contributed by atoms with Crippen molar-refractivity contribution in [3.05, 3.63) is 57.8 Å². The highest BCUT2D eigenvalue weighted by Gasteiger charge is 2.28. The number of hydrogen-bond donors (Lipinski definition) is 0. The van der Waals surface area contributed by atoms with E-state index in [-0.39, 0.29) is 26.4 Å². The van der Waals surface area contributed by atoms with Gasteiger partial charge in [0.05, 0.1) is 15.6 Å². The first-order chi connectivity index (χ1) is 14.2. The molecular weight excluding hydrogens is 447 g/mol. The Morgan fingerprint density at radius 1 is 1.07 bits per heavy atom. The number of aromatic nitrogens is 1. The van der Waals surface area contributed by atoms with Gasteiger partial charge in [-0.25, -0.2) is 12.7 Å². The molecule has 0 atom stereocenters. The maximum absolute atomic E-state index is 13.0. The van der Waals surface area contributed by atoms with Gasteiger partial charge < -0.3 is 4.90 Å². The minimum absolute atomic E-state index is 0.00817. The van der Waals surface area contributed by atoms with Crippen molar-refractivity contribution in [2.24, 2.45) is 0 Å². The van der Waals surface area contributed by atoms with Crippen LogP contribution in [0.1, 0.15) is 15.9 Å². The van der Waals surface area contributed by atoms with Gasteiger partial charge in [-0.1, -0.05) is 23.2 Å².